The Morgan fingerprint density at radius 1 is 1.24 bits per heavy atom. The minimum absolute atomic E-state index is 0.144. The molecule has 1 aliphatic heterocycles. The summed E-state index contributed by atoms with van der Waals surface area (Å²) in [6, 6.07) is 4.08. The molecule has 2 amide bonds. The van der Waals surface area contributed by atoms with Crippen LogP contribution in [0.5, 0.6) is 5.75 Å². The normalized spacial score (nSPS) is 16.3. The Bertz CT molecular complexity index is 637. The fourth-order valence-electron chi connectivity index (χ4n) is 3.03. The number of hydrogen-bond donors (Lipinski definition) is 2. The molecule has 0 saturated carbocycles. The zero-order chi connectivity index (χ0) is 18.4. The van der Waals surface area contributed by atoms with E-state index >= 15 is 0 Å². The highest BCUT2D eigenvalue weighted by atomic mass is 16.5. The van der Waals surface area contributed by atoms with Crippen molar-refractivity contribution in [1.82, 2.24) is 5.32 Å². The molecular weight excluding hydrogens is 320 g/mol. The van der Waals surface area contributed by atoms with E-state index in [0.29, 0.717) is 32.7 Å². The first-order valence-corrected chi connectivity index (χ1v) is 8.69. The van der Waals surface area contributed by atoms with Crippen molar-refractivity contribution in [1.29, 1.82) is 0 Å². The molecule has 0 bridgehead atoms. The molecule has 0 radical (unpaired) electrons. The van der Waals surface area contributed by atoms with Crippen molar-refractivity contribution in [2.45, 2.75) is 40.0 Å². The molecular formula is C19H28N2O4. The van der Waals surface area contributed by atoms with Crippen molar-refractivity contribution in [3.05, 3.63) is 28.8 Å². The van der Waals surface area contributed by atoms with Gasteiger partial charge in [-0.25, -0.2) is 0 Å². The molecule has 6 nitrogen and oxygen atoms in total. The van der Waals surface area contributed by atoms with Crippen LogP contribution < -0.4 is 15.8 Å². The maximum atomic E-state index is 12.1. The number of nitrogens with one attached hydrogen (secondary N) is 1. The van der Waals surface area contributed by atoms with Gasteiger partial charge in [0.1, 0.15) is 5.75 Å². The third-order valence-electron chi connectivity index (χ3n) is 4.95. The molecule has 0 unspecified atom stereocenters. The lowest BCUT2D eigenvalue weighted by Gasteiger charge is -2.34. The minimum Gasteiger partial charge on any atom is -0.493 e. The first-order valence-electron chi connectivity index (χ1n) is 8.69. The van der Waals surface area contributed by atoms with Gasteiger partial charge in [0.05, 0.1) is 18.4 Å². The van der Waals surface area contributed by atoms with E-state index in [1.165, 1.54) is 5.56 Å². The summed E-state index contributed by atoms with van der Waals surface area (Å²) in [5, 5.41) is 2.82. The molecule has 1 aromatic rings. The Kier molecular flexibility index (Phi) is 6.42. The van der Waals surface area contributed by atoms with E-state index in [0.717, 1.165) is 16.9 Å². The van der Waals surface area contributed by atoms with Gasteiger partial charge in [-0.2, -0.15) is 0 Å². The van der Waals surface area contributed by atoms with Crippen molar-refractivity contribution < 1.29 is 19.1 Å². The zero-order valence-corrected chi connectivity index (χ0v) is 15.3. The number of rotatable bonds is 7. The van der Waals surface area contributed by atoms with Crippen LogP contribution in [0.1, 0.15) is 36.0 Å². The van der Waals surface area contributed by atoms with Gasteiger partial charge in [-0.3, -0.25) is 9.59 Å². The van der Waals surface area contributed by atoms with Gasteiger partial charge >= 0.3 is 0 Å². The maximum absolute atomic E-state index is 12.1. The lowest BCUT2D eigenvalue weighted by molar-refractivity contribution is -0.134. The van der Waals surface area contributed by atoms with E-state index in [2.05, 4.69) is 11.4 Å². The summed E-state index contributed by atoms with van der Waals surface area (Å²) in [6.45, 7) is 7.60. The van der Waals surface area contributed by atoms with Gasteiger partial charge in [0, 0.05) is 19.8 Å². The number of primary amides is 1. The molecule has 0 aromatic heterocycles. The molecule has 25 heavy (non-hydrogen) atoms. The molecule has 1 fully saturated rings. The number of benzene rings is 1. The fourth-order valence-corrected chi connectivity index (χ4v) is 3.03. The summed E-state index contributed by atoms with van der Waals surface area (Å²) in [5.74, 6) is 0.288. The predicted molar refractivity (Wildman–Crippen MR) is 95.5 cm³/mol. The Balaban J connectivity index is 1.82. The SMILES string of the molecule is Cc1cc(C)c(C)c(OCCC(=O)NCC2(C(N)=O)CCOCC2)c1. The van der Waals surface area contributed by atoms with E-state index in [4.69, 9.17) is 15.2 Å². The van der Waals surface area contributed by atoms with E-state index in [1.54, 1.807) is 0 Å². The topological polar surface area (TPSA) is 90.6 Å². The van der Waals surface area contributed by atoms with Crippen LogP contribution in [0.2, 0.25) is 0 Å². The quantitative estimate of drug-likeness (QED) is 0.786. The van der Waals surface area contributed by atoms with Gasteiger partial charge in [0.2, 0.25) is 11.8 Å². The Labute approximate surface area is 149 Å². The van der Waals surface area contributed by atoms with E-state index in [1.807, 2.05) is 26.8 Å². The lowest BCUT2D eigenvalue weighted by atomic mass is 9.79. The van der Waals surface area contributed by atoms with Crippen LogP contribution in [0.3, 0.4) is 0 Å². The molecule has 0 spiro atoms. The Hall–Kier alpha value is -2.08. The van der Waals surface area contributed by atoms with E-state index in [9.17, 15) is 9.59 Å². The minimum atomic E-state index is -0.695. The predicted octanol–water partition coefficient (Wildman–Crippen LogP) is 1.78. The molecule has 1 heterocycles. The molecule has 6 heteroatoms. The van der Waals surface area contributed by atoms with Gasteiger partial charge in [-0.1, -0.05) is 6.07 Å². The number of ether oxygens (including phenoxy) is 2. The molecule has 0 atom stereocenters. The van der Waals surface area contributed by atoms with Gasteiger partial charge in [0.15, 0.2) is 0 Å². The highest BCUT2D eigenvalue weighted by molar-refractivity contribution is 5.83. The van der Waals surface area contributed by atoms with Crippen LogP contribution in [0, 0.1) is 26.2 Å². The highest BCUT2D eigenvalue weighted by Crippen LogP contribution is 2.29. The summed E-state index contributed by atoms with van der Waals surface area (Å²) < 4.78 is 11.0. The van der Waals surface area contributed by atoms with Gasteiger partial charge in [-0.05, 0) is 56.4 Å². The molecule has 2 rings (SSSR count). The molecule has 1 saturated heterocycles. The molecule has 138 valence electrons. The van der Waals surface area contributed by atoms with Crippen LogP contribution >= 0.6 is 0 Å². The second kappa shape index (κ2) is 8.34. The summed E-state index contributed by atoms with van der Waals surface area (Å²) >= 11 is 0. The second-order valence-electron chi connectivity index (χ2n) is 6.84. The van der Waals surface area contributed by atoms with Crippen molar-refractivity contribution in [2.75, 3.05) is 26.4 Å². The van der Waals surface area contributed by atoms with Crippen LogP contribution in [-0.2, 0) is 14.3 Å². The summed E-state index contributed by atoms with van der Waals surface area (Å²) in [7, 11) is 0. The second-order valence-corrected chi connectivity index (χ2v) is 6.84. The van der Waals surface area contributed by atoms with Crippen LogP contribution in [0.4, 0.5) is 0 Å². The van der Waals surface area contributed by atoms with Crippen molar-refractivity contribution in [3.8, 4) is 5.75 Å². The maximum Gasteiger partial charge on any atom is 0.225 e. The lowest BCUT2D eigenvalue weighted by Crippen LogP contribution is -2.49. The van der Waals surface area contributed by atoms with Crippen LogP contribution in [0.15, 0.2) is 12.1 Å². The Morgan fingerprint density at radius 2 is 1.92 bits per heavy atom. The first-order chi connectivity index (χ1) is 11.8. The van der Waals surface area contributed by atoms with Crippen molar-refractivity contribution in [2.24, 2.45) is 11.1 Å². The standard InChI is InChI=1S/C19H28N2O4/c1-13-10-14(2)15(3)16(11-13)25-7-4-17(22)21-12-19(18(20)23)5-8-24-9-6-19/h10-11H,4-9,12H2,1-3H3,(H2,20,23)(H,21,22). The number of amides is 2. The molecule has 1 aliphatic rings. The summed E-state index contributed by atoms with van der Waals surface area (Å²) in [4.78, 5) is 23.9. The highest BCUT2D eigenvalue weighted by Gasteiger charge is 2.38. The smallest absolute Gasteiger partial charge is 0.225 e. The summed E-state index contributed by atoms with van der Waals surface area (Å²) in [6.07, 6.45) is 1.32. The van der Waals surface area contributed by atoms with Crippen molar-refractivity contribution in [3.63, 3.8) is 0 Å². The van der Waals surface area contributed by atoms with E-state index < -0.39 is 5.41 Å². The van der Waals surface area contributed by atoms with Crippen LogP contribution in [0.25, 0.3) is 0 Å². The van der Waals surface area contributed by atoms with Gasteiger partial charge < -0.3 is 20.5 Å². The average Bonchev–Trinajstić information content (AvgIpc) is 2.58. The monoisotopic (exact) mass is 348 g/mol. The average molecular weight is 348 g/mol. The summed E-state index contributed by atoms with van der Waals surface area (Å²) in [5.41, 5.74) is 8.23. The molecule has 0 aliphatic carbocycles. The number of carbonyl (C=O) groups excluding carboxylic acids is 2. The largest absolute Gasteiger partial charge is 0.493 e. The van der Waals surface area contributed by atoms with E-state index in [-0.39, 0.29) is 24.8 Å². The van der Waals surface area contributed by atoms with Gasteiger partial charge in [-0.15, -0.1) is 0 Å². The third-order valence-corrected chi connectivity index (χ3v) is 4.95. The Morgan fingerprint density at radius 3 is 2.56 bits per heavy atom. The first kappa shape index (κ1) is 19.2. The van der Waals surface area contributed by atoms with Crippen molar-refractivity contribution >= 4 is 11.8 Å². The number of hydrogen-bond acceptors (Lipinski definition) is 4. The number of nitrogens with two attached hydrogens (primary N) is 1. The third kappa shape index (κ3) is 4.95. The van der Waals surface area contributed by atoms with Gasteiger partial charge in [0.25, 0.3) is 0 Å². The zero-order valence-electron chi connectivity index (χ0n) is 15.3. The molecule has 1 aromatic carbocycles. The molecule has 3 N–H and O–H groups in total. The fraction of sp³-hybridized carbons (Fsp3) is 0.579. The van der Waals surface area contributed by atoms with Crippen LogP contribution in [-0.4, -0.2) is 38.2 Å². The number of aryl methyl sites for hydroxylation is 2. The number of carbonyl (C=O) groups is 2.